The minimum Gasteiger partial charge on any atom is -0.330 e. The number of nitrogens with two attached hydrogens (primary N) is 1. The van der Waals surface area contributed by atoms with Crippen LogP contribution in [-0.4, -0.2) is 26.4 Å². The van der Waals surface area contributed by atoms with Crippen LogP contribution in [0.25, 0.3) is 4.96 Å². The molecule has 0 radical (unpaired) electrons. The maximum atomic E-state index is 5.72. The van der Waals surface area contributed by atoms with Crippen molar-refractivity contribution in [2.75, 3.05) is 6.54 Å². The zero-order valence-corrected chi connectivity index (χ0v) is 10.0. The van der Waals surface area contributed by atoms with Crippen LogP contribution >= 0.6 is 11.3 Å². The van der Waals surface area contributed by atoms with E-state index in [1.54, 1.807) is 11.3 Å². The third-order valence-corrected chi connectivity index (χ3v) is 3.73. The van der Waals surface area contributed by atoms with Crippen LogP contribution in [0.3, 0.4) is 0 Å². The first-order chi connectivity index (χ1) is 7.08. The Balaban J connectivity index is 2.52. The Bertz CT molecular complexity index is 470. The highest BCUT2D eigenvalue weighted by atomic mass is 32.1. The lowest BCUT2D eigenvalue weighted by atomic mass is 9.95. The maximum Gasteiger partial charge on any atom is 0.234 e. The summed E-state index contributed by atoms with van der Waals surface area (Å²) in [4.78, 5) is 0.850. The van der Waals surface area contributed by atoms with Gasteiger partial charge in [-0.2, -0.15) is 9.61 Å². The Labute approximate surface area is 92.3 Å². The third-order valence-electron chi connectivity index (χ3n) is 2.46. The van der Waals surface area contributed by atoms with Gasteiger partial charge >= 0.3 is 0 Å². The molecule has 2 N–H and O–H groups in total. The number of aryl methyl sites for hydroxylation is 1. The zero-order chi connectivity index (χ0) is 11.1. The average Bonchev–Trinajstić information content (AvgIpc) is 2.76. The minimum atomic E-state index is -0.0869. The monoisotopic (exact) mass is 225 g/mol. The normalized spacial score (nSPS) is 12.5. The molecule has 0 amide bonds. The van der Waals surface area contributed by atoms with E-state index in [9.17, 15) is 0 Å². The molecule has 0 saturated heterocycles. The van der Waals surface area contributed by atoms with Gasteiger partial charge in [-0.1, -0.05) is 32.1 Å². The Kier molecular flexibility index (Phi) is 2.47. The maximum absolute atomic E-state index is 5.72. The standard InChI is InChI=1S/C9H15N5S/c1-4-6-11-12-8-14(6)13-7(15-8)9(2,3)5-10/h4-5,10H2,1-3H3. The molecule has 15 heavy (non-hydrogen) atoms. The van der Waals surface area contributed by atoms with E-state index in [0.29, 0.717) is 6.54 Å². The minimum absolute atomic E-state index is 0.0869. The smallest absolute Gasteiger partial charge is 0.234 e. The molecule has 0 spiro atoms. The van der Waals surface area contributed by atoms with E-state index < -0.39 is 0 Å². The molecule has 0 aliphatic heterocycles. The second-order valence-corrected chi connectivity index (χ2v) is 5.12. The summed E-state index contributed by atoms with van der Waals surface area (Å²) >= 11 is 1.56. The quantitative estimate of drug-likeness (QED) is 0.845. The highest BCUT2D eigenvalue weighted by Gasteiger charge is 2.24. The fourth-order valence-electron chi connectivity index (χ4n) is 1.24. The van der Waals surface area contributed by atoms with E-state index in [2.05, 4.69) is 29.1 Å². The summed E-state index contributed by atoms with van der Waals surface area (Å²) in [7, 11) is 0. The molecule has 2 aromatic heterocycles. The van der Waals surface area contributed by atoms with Crippen molar-refractivity contribution in [3.8, 4) is 0 Å². The first kappa shape index (κ1) is 10.5. The molecule has 0 bridgehead atoms. The van der Waals surface area contributed by atoms with Crippen molar-refractivity contribution in [3.63, 3.8) is 0 Å². The van der Waals surface area contributed by atoms with E-state index in [4.69, 9.17) is 5.73 Å². The van der Waals surface area contributed by atoms with Gasteiger partial charge in [0.1, 0.15) is 5.01 Å². The summed E-state index contributed by atoms with van der Waals surface area (Å²) in [5.74, 6) is 0.903. The van der Waals surface area contributed by atoms with Crippen molar-refractivity contribution >= 4 is 16.3 Å². The molecule has 0 atom stereocenters. The van der Waals surface area contributed by atoms with E-state index >= 15 is 0 Å². The van der Waals surface area contributed by atoms with Gasteiger partial charge in [0.2, 0.25) is 4.96 Å². The summed E-state index contributed by atoms with van der Waals surface area (Å²) in [6.07, 6.45) is 0.841. The van der Waals surface area contributed by atoms with Crippen molar-refractivity contribution in [2.24, 2.45) is 5.73 Å². The van der Waals surface area contributed by atoms with Gasteiger partial charge in [0.15, 0.2) is 5.82 Å². The average molecular weight is 225 g/mol. The van der Waals surface area contributed by atoms with Crippen molar-refractivity contribution < 1.29 is 0 Å². The van der Waals surface area contributed by atoms with Gasteiger partial charge in [-0.05, 0) is 0 Å². The number of fused-ring (bicyclic) bond motifs is 1. The Morgan fingerprint density at radius 1 is 1.40 bits per heavy atom. The van der Waals surface area contributed by atoms with Crippen LogP contribution < -0.4 is 5.73 Å². The molecule has 0 aliphatic rings. The summed E-state index contributed by atoms with van der Waals surface area (Å²) < 4.78 is 1.82. The Morgan fingerprint density at radius 3 is 2.73 bits per heavy atom. The number of nitrogens with zero attached hydrogens (tertiary/aromatic N) is 4. The van der Waals surface area contributed by atoms with Crippen LogP contribution in [0.15, 0.2) is 0 Å². The third kappa shape index (κ3) is 1.63. The number of rotatable bonds is 3. The number of hydrogen-bond acceptors (Lipinski definition) is 5. The van der Waals surface area contributed by atoms with E-state index in [0.717, 1.165) is 22.2 Å². The van der Waals surface area contributed by atoms with Gasteiger partial charge < -0.3 is 5.73 Å². The SMILES string of the molecule is CCc1nnc2sc(C(C)(C)CN)nn12. The molecular weight excluding hydrogens is 210 g/mol. The molecule has 2 aromatic rings. The van der Waals surface area contributed by atoms with E-state index in [1.165, 1.54) is 0 Å². The molecule has 2 heterocycles. The fourth-order valence-corrected chi connectivity index (χ4v) is 2.21. The molecular formula is C9H15N5S. The summed E-state index contributed by atoms with van der Waals surface area (Å²) in [6, 6.07) is 0. The first-order valence-corrected chi connectivity index (χ1v) is 5.82. The second kappa shape index (κ2) is 3.53. The van der Waals surface area contributed by atoms with E-state index in [1.807, 2.05) is 11.4 Å². The second-order valence-electron chi connectivity index (χ2n) is 4.16. The van der Waals surface area contributed by atoms with Crippen LogP contribution in [0.5, 0.6) is 0 Å². The van der Waals surface area contributed by atoms with Gasteiger partial charge in [0.25, 0.3) is 0 Å². The largest absolute Gasteiger partial charge is 0.330 e. The molecule has 6 heteroatoms. The molecule has 0 aliphatic carbocycles. The molecule has 5 nitrogen and oxygen atoms in total. The number of hydrogen-bond donors (Lipinski definition) is 1. The lowest BCUT2D eigenvalue weighted by molar-refractivity contribution is 0.525. The van der Waals surface area contributed by atoms with Crippen LogP contribution in [0, 0.1) is 0 Å². The van der Waals surface area contributed by atoms with Gasteiger partial charge in [0.05, 0.1) is 0 Å². The molecule has 0 aromatic carbocycles. The number of aromatic nitrogens is 4. The molecule has 82 valence electrons. The highest BCUT2D eigenvalue weighted by Crippen LogP contribution is 2.26. The van der Waals surface area contributed by atoms with Crippen molar-refractivity contribution in [1.29, 1.82) is 0 Å². The predicted molar refractivity (Wildman–Crippen MR) is 60.1 cm³/mol. The first-order valence-electron chi connectivity index (χ1n) is 5.00. The summed E-state index contributed by atoms with van der Waals surface area (Å²) in [5.41, 5.74) is 5.63. The molecule has 0 fully saturated rings. The van der Waals surface area contributed by atoms with Crippen molar-refractivity contribution in [2.45, 2.75) is 32.6 Å². The molecule has 0 saturated carbocycles. The fraction of sp³-hybridized carbons (Fsp3) is 0.667. The summed E-state index contributed by atoms with van der Waals surface area (Å²) in [5, 5.41) is 13.7. The van der Waals surface area contributed by atoms with Crippen LogP contribution in [-0.2, 0) is 11.8 Å². The zero-order valence-electron chi connectivity index (χ0n) is 9.19. The van der Waals surface area contributed by atoms with Gasteiger partial charge in [-0.3, -0.25) is 0 Å². The predicted octanol–water partition coefficient (Wildman–Crippen LogP) is 0.984. The summed E-state index contributed by atoms with van der Waals surface area (Å²) in [6.45, 7) is 6.80. The topological polar surface area (TPSA) is 69.1 Å². The Morgan fingerprint density at radius 2 is 2.13 bits per heavy atom. The van der Waals surface area contributed by atoms with Crippen LogP contribution in [0.4, 0.5) is 0 Å². The van der Waals surface area contributed by atoms with Gasteiger partial charge in [0, 0.05) is 18.4 Å². The van der Waals surface area contributed by atoms with E-state index in [-0.39, 0.29) is 5.41 Å². The lowest BCUT2D eigenvalue weighted by Crippen LogP contribution is -2.28. The van der Waals surface area contributed by atoms with Crippen molar-refractivity contribution in [1.82, 2.24) is 19.8 Å². The van der Waals surface area contributed by atoms with Crippen LogP contribution in [0.1, 0.15) is 31.6 Å². The highest BCUT2D eigenvalue weighted by molar-refractivity contribution is 7.16. The lowest BCUT2D eigenvalue weighted by Gasteiger charge is -2.17. The van der Waals surface area contributed by atoms with Gasteiger partial charge in [-0.15, -0.1) is 10.2 Å². The molecule has 2 rings (SSSR count). The molecule has 0 unspecified atom stereocenters. The van der Waals surface area contributed by atoms with Gasteiger partial charge in [-0.25, -0.2) is 0 Å². The Hall–Kier alpha value is -1.01. The van der Waals surface area contributed by atoms with Crippen LogP contribution in [0.2, 0.25) is 0 Å². The van der Waals surface area contributed by atoms with Crippen molar-refractivity contribution in [3.05, 3.63) is 10.8 Å².